The van der Waals surface area contributed by atoms with Gasteiger partial charge in [0.1, 0.15) is 6.54 Å². The third-order valence-electron chi connectivity index (χ3n) is 4.46. The molecule has 24 heavy (non-hydrogen) atoms. The third kappa shape index (κ3) is 4.19. The highest BCUT2D eigenvalue weighted by Crippen LogP contribution is 2.13. The van der Waals surface area contributed by atoms with E-state index in [1.54, 1.807) is 11.0 Å². The maximum absolute atomic E-state index is 12.3. The Morgan fingerprint density at radius 2 is 1.75 bits per heavy atom. The molecule has 1 unspecified atom stereocenters. The van der Waals surface area contributed by atoms with E-state index in [2.05, 4.69) is 11.9 Å². The summed E-state index contributed by atoms with van der Waals surface area (Å²) in [5.41, 5.74) is 0. The molecule has 2 aliphatic heterocycles. The Morgan fingerprint density at radius 1 is 1.17 bits per heavy atom. The van der Waals surface area contributed by atoms with E-state index in [0.29, 0.717) is 32.7 Å². The minimum Gasteiger partial charge on any atom is -0.351 e. The van der Waals surface area contributed by atoms with Crippen LogP contribution >= 0.6 is 0 Å². The molecule has 132 valence electrons. The fourth-order valence-electron chi connectivity index (χ4n) is 2.88. The molecule has 2 rings (SSSR count). The summed E-state index contributed by atoms with van der Waals surface area (Å²) in [6.07, 6.45) is 2.01. The van der Waals surface area contributed by atoms with Crippen molar-refractivity contribution in [2.24, 2.45) is 0 Å². The summed E-state index contributed by atoms with van der Waals surface area (Å²) in [5.74, 6) is -0.844. The van der Waals surface area contributed by atoms with Gasteiger partial charge in [-0.3, -0.25) is 29.0 Å². The molecule has 0 aromatic carbocycles. The average molecular weight is 336 g/mol. The van der Waals surface area contributed by atoms with Crippen molar-refractivity contribution in [3.05, 3.63) is 12.7 Å². The molecule has 1 atom stereocenters. The Kier molecular flexibility index (Phi) is 6.08. The lowest BCUT2D eigenvalue weighted by atomic mass is 10.2. The fourth-order valence-corrected chi connectivity index (χ4v) is 2.88. The summed E-state index contributed by atoms with van der Waals surface area (Å²) < 4.78 is 0. The zero-order valence-electron chi connectivity index (χ0n) is 14.0. The van der Waals surface area contributed by atoms with E-state index in [1.807, 2.05) is 11.8 Å². The van der Waals surface area contributed by atoms with Crippen LogP contribution in [-0.2, 0) is 19.2 Å². The van der Waals surface area contributed by atoms with Gasteiger partial charge in [-0.25, -0.2) is 0 Å². The second-order valence-electron chi connectivity index (χ2n) is 6.00. The van der Waals surface area contributed by atoms with Gasteiger partial charge in [-0.05, 0) is 6.92 Å². The number of nitrogens with one attached hydrogen (secondary N) is 1. The van der Waals surface area contributed by atoms with Gasteiger partial charge in [-0.15, -0.1) is 6.58 Å². The first-order valence-electron chi connectivity index (χ1n) is 8.17. The van der Waals surface area contributed by atoms with Crippen LogP contribution in [0.5, 0.6) is 0 Å². The molecule has 0 aromatic heterocycles. The standard InChI is InChI=1S/C16H24N4O4/c1-3-6-17-16(24)12(2)18-7-9-19(10-8-18)15(23)11-20-13(21)4-5-14(20)22/h3,12H,1,4-11H2,2H3,(H,17,24). The van der Waals surface area contributed by atoms with E-state index in [9.17, 15) is 19.2 Å². The monoisotopic (exact) mass is 336 g/mol. The average Bonchev–Trinajstić information content (AvgIpc) is 2.91. The first-order valence-corrected chi connectivity index (χ1v) is 8.17. The molecule has 0 aliphatic carbocycles. The SMILES string of the molecule is C=CCNC(=O)C(C)N1CCN(C(=O)CN2C(=O)CCC2=O)CC1. The van der Waals surface area contributed by atoms with E-state index in [4.69, 9.17) is 0 Å². The molecule has 0 aromatic rings. The van der Waals surface area contributed by atoms with Crippen LogP contribution in [0, 0.1) is 0 Å². The Hall–Kier alpha value is -2.22. The molecule has 8 nitrogen and oxygen atoms in total. The quantitative estimate of drug-likeness (QED) is 0.495. The molecule has 1 N–H and O–H groups in total. The Bertz CT molecular complexity index is 524. The van der Waals surface area contributed by atoms with Gasteiger partial charge >= 0.3 is 0 Å². The zero-order chi connectivity index (χ0) is 17.7. The number of hydrogen-bond donors (Lipinski definition) is 1. The highest BCUT2D eigenvalue weighted by atomic mass is 16.2. The first-order chi connectivity index (χ1) is 11.4. The van der Waals surface area contributed by atoms with E-state index in [0.717, 1.165) is 4.90 Å². The summed E-state index contributed by atoms with van der Waals surface area (Å²) in [7, 11) is 0. The lowest BCUT2D eigenvalue weighted by molar-refractivity contribution is -0.146. The third-order valence-corrected chi connectivity index (χ3v) is 4.46. The molecule has 2 heterocycles. The number of carbonyl (C=O) groups excluding carboxylic acids is 4. The second-order valence-corrected chi connectivity index (χ2v) is 6.00. The summed E-state index contributed by atoms with van der Waals surface area (Å²) in [5, 5.41) is 2.76. The van der Waals surface area contributed by atoms with Gasteiger partial charge in [0.2, 0.25) is 23.6 Å². The predicted molar refractivity (Wildman–Crippen MR) is 86.8 cm³/mol. The molecule has 0 bridgehead atoms. The van der Waals surface area contributed by atoms with E-state index >= 15 is 0 Å². The number of likely N-dealkylation sites (tertiary alicyclic amines) is 1. The molecular weight excluding hydrogens is 312 g/mol. The maximum Gasteiger partial charge on any atom is 0.242 e. The lowest BCUT2D eigenvalue weighted by Gasteiger charge is -2.37. The normalized spacial score (nSPS) is 20.2. The fraction of sp³-hybridized carbons (Fsp3) is 0.625. The number of carbonyl (C=O) groups is 4. The van der Waals surface area contributed by atoms with Crippen molar-refractivity contribution >= 4 is 23.6 Å². The van der Waals surface area contributed by atoms with Gasteiger partial charge in [0, 0.05) is 45.6 Å². The van der Waals surface area contributed by atoms with Crippen LogP contribution in [0.25, 0.3) is 0 Å². The van der Waals surface area contributed by atoms with Gasteiger partial charge in [0.05, 0.1) is 6.04 Å². The van der Waals surface area contributed by atoms with Crippen LogP contribution < -0.4 is 5.32 Å². The minimum absolute atomic E-state index is 0.0667. The molecule has 2 saturated heterocycles. The van der Waals surface area contributed by atoms with Crippen molar-refractivity contribution in [2.75, 3.05) is 39.3 Å². The molecular formula is C16H24N4O4. The highest BCUT2D eigenvalue weighted by Gasteiger charge is 2.33. The first kappa shape index (κ1) is 18.1. The van der Waals surface area contributed by atoms with E-state index in [1.165, 1.54) is 0 Å². The summed E-state index contributed by atoms with van der Waals surface area (Å²) in [4.78, 5) is 52.1. The predicted octanol–water partition coefficient (Wildman–Crippen LogP) is -1.03. The number of amides is 4. The smallest absolute Gasteiger partial charge is 0.242 e. The van der Waals surface area contributed by atoms with Gasteiger partial charge < -0.3 is 10.2 Å². The summed E-state index contributed by atoms with van der Waals surface area (Å²) >= 11 is 0. The van der Waals surface area contributed by atoms with Crippen molar-refractivity contribution in [2.45, 2.75) is 25.8 Å². The van der Waals surface area contributed by atoms with Crippen LogP contribution in [-0.4, -0.2) is 83.6 Å². The second kappa shape index (κ2) is 8.05. The number of rotatable bonds is 6. The van der Waals surface area contributed by atoms with Gasteiger partial charge in [-0.1, -0.05) is 6.08 Å². The van der Waals surface area contributed by atoms with Crippen LogP contribution in [0.4, 0.5) is 0 Å². The summed E-state index contributed by atoms with van der Waals surface area (Å²) in [6, 6.07) is -0.274. The van der Waals surface area contributed by atoms with Gasteiger partial charge in [0.15, 0.2) is 0 Å². The lowest BCUT2D eigenvalue weighted by Crippen LogP contribution is -2.56. The van der Waals surface area contributed by atoms with Gasteiger partial charge in [0.25, 0.3) is 0 Å². The Morgan fingerprint density at radius 3 is 2.29 bits per heavy atom. The molecule has 0 radical (unpaired) electrons. The molecule has 8 heteroatoms. The van der Waals surface area contributed by atoms with Crippen molar-refractivity contribution in [3.8, 4) is 0 Å². The topological polar surface area (TPSA) is 90.0 Å². The maximum atomic E-state index is 12.3. The largest absolute Gasteiger partial charge is 0.351 e. The molecule has 2 fully saturated rings. The van der Waals surface area contributed by atoms with E-state index in [-0.39, 0.29) is 49.1 Å². The van der Waals surface area contributed by atoms with Crippen LogP contribution in [0.1, 0.15) is 19.8 Å². The molecule has 0 spiro atoms. The molecule has 2 aliphatic rings. The Labute approximate surface area is 141 Å². The van der Waals surface area contributed by atoms with Crippen molar-refractivity contribution in [1.29, 1.82) is 0 Å². The van der Waals surface area contributed by atoms with E-state index < -0.39 is 0 Å². The van der Waals surface area contributed by atoms with Crippen LogP contribution in [0.2, 0.25) is 0 Å². The number of nitrogens with zero attached hydrogens (tertiary/aromatic N) is 3. The van der Waals surface area contributed by atoms with Crippen LogP contribution in [0.3, 0.4) is 0 Å². The number of hydrogen-bond acceptors (Lipinski definition) is 5. The summed E-state index contributed by atoms with van der Waals surface area (Å²) in [6.45, 7) is 7.77. The van der Waals surface area contributed by atoms with Crippen molar-refractivity contribution in [1.82, 2.24) is 20.0 Å². The molecule has 4 amide bonds. The highest BCUT2D eigenvalue weighted by molar-refractivity contribution is 6.04. The zero-order valence-corrected chi connectivity index (χ0v) is 14.0. The van der Waals surface area contributed by atoms with Crippen LogP contribution in [0.15, 0.2) is 12.7 Å². The van der Waals surface area contributed by atoms with Gasteiger partial charge in [-0.2, -0.15) is 0 Å². The van der Waals surface area contributed by atoms with Crippen molar-refractivity contribution < 1.29 is 19.2 Å². The van der Waals surface area contributed by atoms with Crippen molar-refractivity contribution in [3.63, 3.8) is 0 Å². The Balaban J connectivity index is 1.80. The number of imide groups is 1. The number of piperazine rings is 1. The minimum atomic E-state index is -0.278. The molecule has 0 saturated carbocycles.